The van der Waals surface area contributed by atoms with Gasteiger partial charge in [0.2, 0.25) is 0 Å². The number of Topliss-reactive ketones (excluding diaryl/α,β-unsaturated/α-hetero) is 1. The lowest BCUT2D eigenvalue weighted by Gasteiger charge is -2.39. The van der Waals surface area contributed by atoms with Crippen molar-refractivity contribution in [3.8, 4) is 0 Å². The number of nitrogens with one attached hydrogen (secondary N) is 2. The molecule has 0 bridgehead atoms. The van der Waals surface area contributed by atoms with E-state index in [0.29, 0.717) is 51.0 Å². The molecule has 0 spiro atoms. The van der Waals surface area contributed by atoms with Crippen LogP contribution in [-0.2, 0) is 9.59 Å². The van der Waals surface area contributed by atoms with Gasteiger partial charge in [0.25, 0.3) is 5.91 Å². The zero-order valence-electron chi connectivity index (χ0n) is 17.6. The number of benzene rings is 1. The van der Waals surface area contributed by atoms with Crippen LogP contribution in [0.1, 0.15) is 45.1 Å². The summed E-state index contributed by atoms with van der Waals surface area (Å²) < 4.78 is 0. The van der Waals surface area contributed by atoms with Crippen molar-refractivity contribution in [1.82, 2.24) is 10.3 Å². The maximum Gasteiger partial charge on any atom is 0.254 e. The second kappa shape index (κ2) is 8.13. The van der Waals surface area contributed by atoms with E-state index in [9.17, 15) is 9.59 Å². The van der Waals surface area contributed by atoms with Crippen molar-refractivity contribution >= 4 is 40.6 Å². The van der Waals surface area contributed by atoms with Gasteiger partial charge < -0.3 is 10.6 Å². The lowest BCUT2D eigenvalue weighted by molar-refractivity contribution is -0.118. The SMILES string of the molecule is CC1=C(C(=O)Nc2cccnc2)C(c2ccc(Cl)cc2Cl)C2=C(CC(C)(C)CC2=O)N1. The summed E-state index contributed by atoms with van der Waals surface area (Å²) in [6.07, 6.45) is 4.34. The molecule has 1 aliphatic heterocycles. The molecule has 1 amide bonds. The Morgan fingerprint density at radius 3 is 2.68 bits per heavy atom. The summed E-state index contributed by atoms with van der Waals surface area (Å²) in [5, 5.41) is 7.16. The van der Waals surface area contributed by atoms with Crippen LogP contribution in [0, 0.1) is 5.41 Å². The fourth-order valence-electron chi connectivity index (χ4n) is 4.42. The summed E-state index contributed by atoms with van der Waals surface area (Å²) in [5.74, 6) is -0.867. The molecule has 2 aromatic rings. The summed E-state index contributed by atoms with van der Waals surface area (Å²) in [4.78, 5) is 30.8. The second-order valence-corrected chi connectivity index (χ2v) is 9.64. The molecular formula is C24H23Cl2N3O2. The number of anilines is 1. The monoisotopic (exact) mass is 455 g/mol. The van der Waals surface area contributed by atoms with Crippen molar-refractivity contribution in [3.05, 3.63) is 80.9 Å². The molecule has 1 aliphatic carbocycles. The van der Waals surface area contributed by atoms with E-state index in [0.717, 1.165) is 5.70 Å². The minimum Gasteiger partial charge on any atom is -0.362 e. The number of allylic oxidation sites excluding steroid dienone is 3. The van der Waals surface area contributed by atoms with Crippen LogP contribution in [0.4, 0.5) is 5.69 Å². The number of carbonyl (C=O) groups is 2. The summed E-state index contributed by atoms with van der Waals surface area (Å²) >= 11 is 12.7. The summed E-state index contributed by atoms with van der Waals surface area (Å²) in [6, 6.07) is 8.68. The molecule has 1 aromatic heterocycles. The molecule has 2 heterocycles. The van der Waals surface area contributed by atoms with Gasteiger partial charge in [-0.05, 0) is 48.6 Å². The highest BCUT2D eigenvalue weighted by molar-refractivity contribution is 6.35. The molecule has 2 aliphatic rings. The van der Waals surface area contributed by atoms with Crippen LogP contribution in [-0.4, -0.2) is 16.7 Å². The number of pyridine rings is 1. The average Bonchev–Trinajstić information content (AvgIpc) is 2.66. The first-order chi connectivity index (χ1) is 14.7. The number of rotatable bonds is 3. The Morgan fingerprint density at radius 2 is 2.00 bits per heavy atom. The standard InChI is InChI=1S/C24H23Cl2N3O2/c1-13-20(23(31)29-15-5-4-8-27-12-15)21(16-7-6-14(25)9-17(16)26)22-18(28-13)10-24(2,3)11-19(22)30/h4-9,12,21,28H,10-11H2,1-3H3,(H,29,31). The maximum atomic E-state index is 13.4. The van der Waals surface area contributed by atoms with Crippen molar-refractivity contribution in [2.45, 2.75) is 39.5 Å². The van der Waals surface area contributed by atoms with Crippen LogP contribution in [0.25, 0.3) is 0 Å². The van der Waals surface area contributed by atoms with Crippen LogP contribution < -0.4 is 10.6 Å². The van der Waals surface area contributed by atoms with Gasteiger partial charge in [0.1, 0.15) is 0 Å². The normalized spacial score (nSPS) is 20.3. The molecule has 31 heavy (non-hydrogen) atoms. The van der Waals surface area contributed by atoms with Crippen molar-refractivity contribution in [2.75, 3.05) is 5.32 Å². The van der Waals surface area contributed by atoms with Crippen molar-refractivity contribution in [3.63, 3.8) is 0 Å². The minimum absolute atomic E-state index is 0.0222. The fourth-order valence-corrected chi connectivity index (χ4v) is 4.94. The molecule has 7 heteroatoms. The van der Waals surface area contributed by atoms with Gasteiger partial charge in [-0.15, -0.1) is 0 Å². The van der Waals surface area contributed by atoms with E-state index in [1.165, 1.54) is 0 Å². The molecule has 160 valence electrons. The minimum atomic E-state index is -0.582. The highest BCUT2D eigenvalue weighted by atomic mass is 35.5. The lowest BCUT2D eigenvalue weighted by atomic mass is 9.68. The zero-order chi connectivity index (χ0) is 22.3. The predicted octanol–water partition coefficient (Wildman–Crippen LogP) is 5.63. The Morgan fingerprint density at radius 1 is 1.23 bits per heavy atom. The molecule has 0 saturated heterocycles. The van der Waals surface area contributed by atoms with Gasteiger partial charge in [0.15, 0.2) is 5.78 Å². The largest absolute Gasteiger partial charge is 0.362 e. The average molecular weight is 456 g/mol. The third-order valence-corrected chi connectivity index (χ3v) is 6.24. The highest BCUT2D eigenvalue weighted by Crippen LogP contribution is 2.48. The number of dihydropyridines is 1. The van der Waals surface area contributed by atoms with Gasteiger partial charge in [-0.1, -0.05) is 43.1 Å². The Labute approximate surface area is 191 Å². The van der Waals surface area contributed by atoms with E-state index in [1.54, 1.807) is 42.7 Å². The molecular weight excluding hydrogens is 433 g/mol. The topological polar surface area (TPSA) is 71.1 Å². The van der Waals surface area contributed by atoms with E-state index in [1.807, 2.05) is 6.92 Å². The van der Waals surface area contributed by atoms with E-state index < -0.39 is 5.92 Å². The Bertz CT molecular complexity index is 1140. The number of hydrogen-bond acceptors (Lipinski definition) is 4. The quantitative estimate of drug-likeness (QED) is 0.628. The number of ketones is 1. The van der Waals surface area contributed by atoms with Crippen LogP contribution >= 0.6 is 23.2 Å². The first kappa shape index (κ1) is 21.6. The van der Waals surface area contributed by atoms with Crippen LogP contribution in [0.3, 0.4) is 0 Å². The molecule has 2 N–H and O–H groups in total. The zero-order valence-corrected chi connectivity index (χ0v) is 19.1. The third kappa shape index (κ3) is 4.25. The molecule has 0 saturated carbocycles. The lowest BCUT2D eigenvalue weighted by Crippen LogP contribution is -2.39. The van der Waals surface area contributed by atoms with Crippen molar-refractivity contribution in [2.24, 2.45) is 5.41 Å². The van der Waals surface area contributed by atoms with Crippen LogP contribution in [0.15, 0.2) is 65.3 Å². The van der Waals surface area contributed by atoms with Crippen molar-refractivity contribution in [1.29, 1.82) is 0 Å². The molecule has 1 atom stereocenters. The first-order valence-corrected chi connectivity index (χ1v) is 10.8. The summed E-state index contributed by atoms with van der Waals surface area (Å²) in [7, 11) is 0. The molecule has 1 aromatic carbocycles. The van der Waals surface area contributed by atoms with Gasteiger partial charge in [-0.3, -0.25) is 14.6 Å². The van der Waals surface area contributed by atoms with Crippen LogP contribution in [0.2, 0.25) is 10.0 Å². The van der Waals surface area contributed by atoms with Crippen LogP contribution in [0.5, 0.6) is 0 Å². The van der Waals surface area contributed by atoms with Gasteiger partial charge >= 0.3 is 0 Å². The number of carbonyl (C=O) groups excluding carboxylic acids is 2. The van der Waals surface area contributed by atoms with Gasteiger partial charge in [0.05, 0.1) is 11.9 Å². The molecule has 0 radical (unpaired) electrons. The van der Waals surface area contributed by atoms with E-state index in [4.69, 9.17) is 23.2 Å². The molecule has 1 unspecified atom stereocenters. The molecule has 0 fully saturated rings. The second-order valence-electron chi connectivity index (χ2n) is 8.79. The Hall–Kier alpha value is -2.63. The predicted molar refractivity (Wildman–Crippen MR) is 123 cm³/mol. The fraction of sp³-hybridized carbons (Fsp3) is 0.292. The van der Waals surface area contributed by atoms with Gasteiger partial charge in [-0.2, -0.15) is 0 Å². The number of nitrogens with zero attached hydrogens (tertiary/aromatic N) is 1. The first-order valence-electron chi connectivity index (χ1n) is 10.1. The van der Waals surface area contributed by atoms with Gasteiger partial charge in [-0.25, -0.2) is 0 Å². The number of hydrogen-bond donors (Lipinski definition) is 2. The third-order valence-electron chi connectivity index (χ3n) is 5.68. The van der Waals surface area contributed by atoms with Gasteiger partial charge in [0, 0.05) is 51.1 Å². The Balaban J connectivity index is 1.85. The molecule has 5 nitrogen and oxygen atoms in total. The Kier molecular flexibility index (Phi) is 5.67. The highest BCUT2D eigenvalue weighted by Gasteiger charge is 2.43. The summed E-state index contributed by atoms with van der Waals surface area (Å²) in [6.45, 7) is 6.00. The molecule has 4 rings (SSSR count). The smallest absolute Gasteiger partial charge is 0.254 e. The number of halogens is 2. The van der Waals surface area contributed by atoms with E-state index in [-0.39, 0.29) is 17.1 Å². The summed E-state index contributed by atoms with van der Waals surface area (Å²) in [5.41, 5.74) is 3.71. The van der Waals surface area contributed by atoms with E-state index in [2.05, 4.69) is 29.5 Å². The number of aromatic nitrogens is 1. The maximum absolute atomic E-state index is 13.4. The van der Waals surface area contributed by atoms with E-state index >= 15 is 0 Å². The van der Waals surface area contributed by atoms with Crippen molar-refractivity contribution < 1.29 is 9.59 Å². The number of amides is 1.